The molecule has 2 N–H and O–H groups in total. The van der Waals surface area contributed by atoms with Crippen molar-refractivity contribution in [2.75, 3.05) is 13.1 Å². The molecule has 3 rings (SSSR count). The van der Waals surface area contributed by atoms with E-state index in [0.29, 0.717) is 12.2 Å². The Morgan fingerprint density at radius 3 is 2.92 bits per heavy atom. The number of nitrogens with zero attached hydrogens (tertiary/aromatic N) is 3. The van der Waals surface area contributed by atoms with Crippen LogP contribution in [0.1, 0.15) is 59.1 Å². The summed E-state index contributed by atoms with van der Waals surface area (Å²) >= 11 is 1.60. The van der Waals surface area contributed by atoms with Crippen LogP contribution in [0.2, 0.25) is 0 Å². The fraction of sp³-hybridized carbons (Fsp3) is 0.588. The van der Waals surface area contributed by atoms with Gasteiger partial charge in [0.05, 0.1) is 12.2 Å². The number of carbonyl (C=O) groups excluding carboxylic acids is 1. The molecular weight excluding hydrogens is 322 g/mol. The zero-order valence-corrected chi connectivity index (χ0v) is 15.2. The van der Waals surface area contributed by atoms with E-state index < -0.39 is 0 Å². The summed E-state index contributed by atoms with van der Waals surface area (Å²) in [4.78, 5) is 19.4. The second-order valence-corrected chi connectivity index (χ2v) is 7.06. The minimum Gasteiger partial charge on any atom is -0.344 e. The quantitative estimate of drug-likeness (QED) is 0.807. The van der Waals surface area contributed by atoms with Crippen molar-refractivity contribution in [3.8, 4) is 0 Å². The Morgan fingerprint density at radius 2 is 2.12 bits per heavy atom. The largest absolute Gasteiger partial charge is 0.344 e. The monoisotopic (exact) mass is 347 g/mol. The predicted molar refractivity (Wildman–Crippen MR) is 95.1 cm³/mol. The van der Waals surface area contributed by atoms with Gasteiger partial charge in [-0.1, -0.05) is 13.8 Å². The predicted octanol–water partition coefficient (Wildman–Crippen LogP) is 2.52. The smallest absolute Gasteiger partial charge is 0.272 e. The first-order valence-corrected chi connectivity index (χ1v) is 9.59. The molecule has 24 heavy (non-hydrogen) atoms. The van der Waals surface area contributed by atoms with Gasteiger partial charge >= 0.3 is 0 Å². The molecule has 0 spiro atoms. The van der Waals surface area contributed by atoms with Crippen molar-refractivity contribution in [3.05, 3.63) is 33.0 Å². The highest BCUT2D eigenvalue weighted by Crippen LogP contribution is 2.22. The first-order valence-electron chi connectivity index (χ1n) is 8.71. The van der Waals surface area contributed by atoms with Crippen LogP contribution in [0.4, 0.5) is 0 Å². The molecule has 0 fully saturated rings. The second kappa shape index (κ2) is 7.90. The number of hydrogen-bond donors (Lipinski definition) is 2. The normalized spacial score (nSPS) is 14.0. The Balaban J connectivity index is 1.57. The van der Waals surface area contributed by atoms with Crippen LogP contribution in [-0.4, -0.2) is 39.1 Å². The third-order valence-corrected chi connectivity index (χ3v) is 5.45. The van der Waals surface area contributed by atoms with Crippen molar-refractivity contribution in [1.82, 2.24) is 25.4 Å². The number of aryl methyl sites for hydroxylation is 1. The van der Waals surface area contributed by atoms with Crippen molar-refractivity contribution < 1.29 is 4.79 Å². The molecule has 1 aliphatic rings. The lowest BCUT2D eigenvalue weighted by Gasteiger charge is -2.15. The molecule has 0 radical (unpaired) electrons. The van der Waals surface area contributed by atoms with Crippen LogP contribution in [0.25, 0.3) is 0 Å². The Labute approximate surface area is 146 Å². The van der Waals surface area contributed by atoms with Crippen LogP contribution < -0.4 is 5.32 Å². The van der Waals surface area contributed by atoms with Crippen LogP contribution in [0.15, 0.2) is 5.38 Å². The topological polar surface area (TPSA) is 73.9 Å². The van der Waals surface area contributed by atoms with Gasteiger partial charge in [0.1, 0.15) is 5.01 Å². The number of amides is 1. The number of hydrogen-bond acceptors (Lipinski definition) is 5. The van der Waals surface area contributed by atoms with Crippen molar-refractivity contribution in [2.45, 2.75) is 52.6 Å². The highest BCUT2D eigenvalue weighted by molar-refractivity contribution is 7.09. The number of nitrogens with one attached hydrogen (secondary N) is 2. The molecule has 0 atom stereocenters. The molecule has 0 aliphatic heterocycles. The molecule has 2 aromatic rings. The summed E-state index contributed by atoms with van der Waals surface area (Å²) in [5.74, 6) is -0.102. The van der Waals surface area contributed by atoms with Crippen molar-refractivity contribution in [3.63, 3.8) is 0 Å². The fourth-order valence-corrected chi connectivity index (χ4v) is 3.81. The van der Waals surface area contributed by atoms with E-state index in [9.17, 15) is 4.79 Å². The molecule has 0 saturated carbocycles. The first kappa shape index (κ1) is 17.1. The van der Waals surface area contributed by atoms with Crippen LogP contribution >= 0.6 is 11.3 Å². The Kier molecular flexibility index (Phi) is 5.63. The number of carbonyl (C=O) groups is 1. The van der Waals surface area contributed by atoms with Gasteiger partial charge in [0.25, 0.3) is 5.91 Å². The lowest BCUT2D eigenvalue weighted by Crippen LogP contribution is -2.25. The van der Waals surface area contributed by atoms with Gasteiger partial charge in [0.15, 0.2) is 5.69 Å². The maximum absolute atomic E-state index is 12.4. The van der Waals surface area contributed by atoms with Gasteiger partial charge in [-0.15, -0.1) is 11.3 Å². The van der Waals surface area contributed by atoms with Gasteiger partial charge in [0, 0.05) is 23.2 Å². The van der Waals surface area contributed by atoms with Crippen molar-refractivity contribution in [2.24, 2.45) is 0 Å². The maximum atomic E-state index is 12.4. The number of aromatic nitrogens is 3. The zero-order valence-electron chi connectivity index (χ0n) is 14.4. The van der Waals surface area contributed by atoms with E-state index in [1.165, 1.54) is 6.42 Å². The number of H-pyrrole nitrogens is 1. The van der Waals surface area contributed by atoms with Gasteiger partial charge < -0.3 is 5.32 Å². The van der Waals surface area contributed by atoms with Gasteiger partial charge in [-0.2, -0.15) is 5.10 Å². The Morgan fingerprint density at radius 1 is 1.33 bits per heavy atom. The molecule has 0 unspecified atom stereocenters. The minimum atomic E-state index is -0.102. The summed E-state index contributed by atoms with van der Waals surface area (Å²) in [6.45, 7) is 7.67. The summed E-state index contributed by atoms with van der Waals surface area (Å²) in [7, 11) is 0. The van der Waals surface area contributed by atoms with Gasteiger partial charge in [-0.25, -0.2) is 4.98 Å². The van der Waals surface area contributed by atoms with E-state index in [-0.39, 0.29) is 5.91 Å². The number of rotatable bonds is 7. The van der Waals surface area contributed by atoms with E-state index in [4.69, 9.17) is 0 Å². The van der Waals surface area contributed by atoms with E-state index in [0.717, 1.165) is 60.9 Å². The molecule has 1 amide bonds. The SMILES string of the molecule is CCN(CC)Cc1csc(CNC(=O)c2n[nH]c3c2CCCC3)n1. The average molecular weight is 347 g/mol. The standard InChI is InChI=1S/C17H25N5OS/c1-3-22(4-2)10-12-11-24-15(19-12)9-18-17(23)16-13-7-5-6-8-14(13)20-21-16/h11H,3-10H2,1-2H3,(H,18,23)(H,20,21). The van der Waals surface area contributed by atoms with E-state index in [1.807, 2.05) is 0 Å². The molecule has 0 bridgehead atoms. The van der Waals surface area contributed by atoms with E-state index in [1.54, 1.807) is 11.3 Å². The van der Waals surface area contributed by atoms with E-state index in [2.05, 4.69) is 44.6 Å². The Bertz CT molecular complexity index is 689. The lowest BCUT2D eigenvalue weighted by atomic mass is 9.96. The number of aromatic amines is 1. The summed E-state index contributed by atoms with van der Waals surface area (Å²) in [5, 5.41) is 13.2. The highest BCUT2D eigenvalue weighted by Gasteiger charge is 2.21. The molecule has 0 saturated heterocycles. The van der Waals surface area contributed by atoms with Crippen molar-refractivity contribution in [1.29, 1.82) is 0 Å². The second-order valence-electron chi connectivity index (χ2n) is 6.11. The third kappa shape index (κ3) is 3.84. The summed E-state index contributed by atoms with van der Waals surface area (Å²) in [6, 6.07) is 0. The summed E-state index contributed by atoms with van der Waals surface area (Å²) in [5.41, 5.74) is 3.86. The molecule has 7 heteroatoms. The zero-order chi connectivity index (χ0) is 16.9. The third-order valence-electron chi connectivity index (χ3n) is 4.55. The molecule has 130 valence electrons. The molecular formula is C17H25N5OS. The molecule has 6 nitrogen and oxygen atoms in total. The molecule has 2 aromatic heterocycles. The van der Waals surface area contributed by atoms with Crippen LogP contribution in [0, 0.1) is 0 Å². The van der Waals surface area contributed by atoms with Crippen LogP contribution in [0.3, 0.4) is 0 Å². The van der Waals surface area contributed by atoms with Crippen LogP contribution in [-0.2, 0) is 25.9 Å². The summed E-state index contributed by atoms with van der Waals surface area (Å²) < 4.78 is 0. The number of fused-ring (bicyclic) bond motifs is 1. The van der Waals surface area contributed by atoms with Gasteiger partial charge in [-0.05, 0) is 38.8 Å². The summed E-state index contributed by atoms with van der Waals surface area (Å²) in [6.07, 6.45) is 4.25. The molecule has 1 aliphatic carbocycles. The average Bonchev–Trinajstić information content (AvgIpc) is 3.24. The van der Waals surface area contributed by atoms with Gasteiger partial charge in [0.2, 0.25) is 0 Å². The number of thiazole rings is 1. The van der Waals surface area contributed by atoms with E-state index >= 15 is 0 Å². The fourth-order valence-electron chi connectivity index (χ4n) is 3.09. The van der Waals surface area contributed by atoms with Gasteiger partial charge in [-0.3, -0.25) is 14.8 Å². The Hall–Kier alpha value is -1.73. The highest BCUT2D eigenvalue weighted by atomic mass is 32.1. The lowest BCUT2D eigenvalue weighted by molar-refractivity contribution is 0.0944. The van der Waals surface area contributed by atoms with Crippen LogP contribution in [0.5, 0.6) is 0 Å². The minimum absolute atomic E-state index is 0.102. The first-order chi connectivity index (χ1) is 11.7. The van der Waals surface area contributed by atoms with Crippen molar-refractivity contribution >= 4 is 17.2 Å². The molecule has 2 heterocycles. The maximum Gasteiger partial charge on any atom is 0.272 e. The molecule has 0 aromatic carbocycles.